The van der Waals surface area contributed by atoms with Gasteiger partial charge in [0.2, 0.25) is 12.6 Å². The van der Waals surface area contributed by atoms with Crippen LogP contribution in [0.4, 0.5) is 0 Å². The summed E-state index contributed by atoms with van der Waals surface area (Å²) in [7, 11) is 0. The summed E-state index contributed by atoms with van der Waals surface area (Å²) in [4.78, 5) is 47.9. The lowest BCUT2D eigenvalue weighted by atomic mass is 9.65. The molecule has 8 nitrogen and oxygen atoms in total. The molecule has 0 aromatic heterocycles. The van der Waals surface area contributed by atoms with E-state index in [1.54, 1.807) is 0 Å². The second kappa shape index (κ2) is 8.59. The summed E-state index contributed by atoms with van der Waals surface area (Å²) in [6.07, 6.45) is 3.06. The van der Waals surface area contributed by atoms with Gasteiger partial charge < -0.3 is 18.9 Å². The highest BCUT2D eigenvalue weighted by Gasteiger charge is 2.55. The Kier molecular flexibility index (Phi) is 6.37. The van der Waals surface area contributed by atoms with Gasteiger partial charge in [0.15, 0.2) is 0 Å². The highest BCUT2D eigenvalue weighted by molar-refractivity contribution is 5.83. The first-order valence-electron chi connectivity index (χ1n) is 10.00. The van der Waals surface area contributed by atoms with Gasteiger partial charge in [-0.1, -0.05) is 6.42 Å². The second-order valence-electron chi connectivity index (χ2n) is 8.06. The van der Waals surface area contributed by atoms with Gasteiger partial charge in [0.05, 0.1) is 18.4 Å². The quantitative estimate of drug-likeness (QED) is 0.497. The van der Waals surface area contributed by atoms with Gasteiger partial charge in [-0.05, 0) is 37.5 Å². The average molecular weight is 396 g/mol. The molecule has 3 aliphatic rings. The van der Waals surface area contributed by atoms with Crippen LogP contribution in [0.2, 0.25) is 0 Å². The third-order valence-corrected chi connectivity index (χ3v) is 5.82. The average Bonchev–Trinajstić information content (AvgIpc) is 3.42. The minimum Gasteiger partial charge on any atom is -0.465 e. The zero-order valence-corrected chi connectivity index (χ0v) is 16.4. The molecule has 2 saturated carbocycles. The van der Waals surface area contributed by atoms with Crippen molar-refractivity contribution in [2.24, 2.45) is 17.3 Å². The minimum atomic E-state index is -1.11. The number of ketones is 1. The Bertz CT molecular complexity index is 640. The number of rotatable bonds is 6. The van der Waals surface area contributed by atoms with Crippen LogP contribution in [0.15, 0.2) is 0 Å². The van der Waals surface area contributed by atoms with Crippen molar-refractivity contribution in [1.29, 1.82) is 0 Å². The molecular weight excluding hydrogens is 368 g/mol. The Morgan fingerprint density at radius 1 is 1.11 bits per heavy atom. The van der Waals surface area contributed by atoms with Crippen LogP contribution in [0.1, 0.15) is 65.2 Å². The van der Waals surface area contributed by atoms with Gasteiger partial charge in [0, 0.05) is 26.7 Å². The molecule has 2 aliphatic carbocycles. The molecule has 0 bridgehead atoms. The Balaban J connectivity index is 1.82. The van der Waals surface area contributed by atoms with Crippen LogP contribution in [0.25, 0.3) is 0 Å². The summed E-state index contributed by atoms with van der Waals surface area (Å²) in [6.45, 7) is 2.70. The normalized spacial score (nSPS) is 32.6. The monoisotopic (exact) mass is 396 g/mol. The van der Waals surface area contributed by atoms with E-state index in [9.17, 15) is 19.2 Å². The summed E-state index contributed by atoms with van der Waals surface area (Å²) in [5.41, 5.74) is -0.615. The maximum Gasteiger partial charge on any atom is 0.308 e. The first kappa shape index (κ1) is 20.8. The molecule has 28 heavy (non-hydrogen) atoms. The number of hydrogen-bond donors (Lipinski definition) is 0. The van der Waals surface area contributed by atoms with Crippen molar-refractivity contribution in [3.05, 3.63) is 0 Å². The second-order valence-corrected chi connectivity index (χ2v) is 8.06. The number of Topliss-reactive ketones (excluding diaryl/α,β-unsaturated/α-hetero) is 1. The lowest BCUT2D eigenvalue weighted by Crippen LogP contribution is -2.54. The molecule has 4 atom stereocenters. The number of esters is 3. The van der Waals surface area contributed by atoms with Crippen LogP contribution in [-0.4, -0.2) is 42.9 Å². The van der Waals surface area contributed by atoms with E-state index in [1.165, 1.54) is 13.8 Å². The summed E-state index contributed by atoms with van der Waals surface area (Å²) in [6, 6.07) is 0. The highest BCUT2D eigenvalue weighted by atomic mass is 16.8. The molecule has 1 saturated heterocycles. The molecule has 0 aromatic rings. The molecule has 156 valence electrons. The molecule has 0 amide bonds. The van der Waals surface area contributed by atoms with Crippen LogP contribution in [0.5, 0.6) is 0 Å². The van der Waals surface area contributed by atoms with E-state index in [0.29, 0.717) is 25.7 Å². The van der Waals surface area contributed by atoms with Crippen molar-refractivity contribution in [2.75, 3.05) is 6.61 Å². The Labute approximate surface area is 164 Å². The van der Waals surface area contributed by atoms with Crippen molar-refractivity contribution >= 4 is 23.7 Å². The lowest BCUT2D eigenvalue weighted by Gasteiger charge is -2.47. The summed E-state index contributed by atoms with van der Waals surface area (Å²) in [5.74, 6) is -1.97. The molecule has 3 rings (SSSR count). The van der Waals surface area contributed by atoms with E-state index in [2.05, 4.69) is 0 Å². The van der Waals surface area contributed by atoms with Crippen LogP contribution >= 0.6 is 0 Å². The maximum atomic E-state index is 12.9. The minimum absolute atomic E-state index is 0.00124. The number of ether oxygens (including phenoxy) is 4. The Morgan fingerprint density at radius 2 is 1.82 bits per heavy atom. The van der Waals surface area contributed by atoms with Crippen molar-refractivity contribution in [3.63, 3.8) is 0 Å². The first-order chi connectivity index (χ1) is 13.3. The van der Waals surface area contributed by atoms with Gasteiger partial charge in [0.1, 0.15) is 5.78 Å². The fourth-order valence-corrected chi connectivity index (χ4v) is 4.39. The topological polar surface area (TPSA) is 105 Å². The van der Waals surface area contributed by atoms with Gasteiger partial charge in [-0.2, -0.15) is 0 Å². The third kappa shape index (κ3) is 4.90. The lowest BCUT2D eigenvalue weighted by molar-refractivity contribution is -0.294. The smallest absolute Gasteiger partial charge is 0.308 e. The van der Waals surface area contributed by atoms with E-state index in [1.807, 2.05) is 0 Å². The van der Waals surface area contributed by atoms with Crippen LogP contribution in [0, 0.1) is 17.3 Å². The van der Waals surface area contributed by atoms with Crippen molar-refractivity contribution in [3.8, 4) is 0 Å². The number of hydrogen-bond acceptors (Lipinski definition) is 8. The SMILES string of the molecule is CC(=O)O[C@H]1C[C@]2(CCOC(=O)C3CC3)CCCCC(=O)[C@@H]2[C@H](OC(C)=O)O1. The molecule has 1 heterocycles. The van der Waals surface area contributed by atoms with E-state index >= 15 is 0 Å². The molecule has 0 radical (unpaired) electrons. The molecule has 3 fully saturated rings. The molecule has 8 heteroatoms. The van der Waals surface area contributed by atoms with Gasteiger partial charge in [-0.25, -0.2) is 0 Å². The highest BCUT2D eigenvalue weighted by Crippen LogP contribution is 2.51. The molecule has 1 aliphatic heterocycles. The molecule has 0 aromatic carbocycles. The molecule has 0 unspecified atom stereocenters. The van der Waals surface area contributed by atoms with Crippen LogP contribution in [0.3, 0.4) is 0 Å². The van der Waals surface area contributed by atoms with Crippen molar-refractivity contribution in [1.82, 2.24) is 0 Å². The largest absolute Gasteiger partial charge is 0.465 e. The zero-order valence-electron chi connectivity index (χ0n) is 16.4. The molecule has 0 N–H and O–H groups in total. The predicted molar refractivity (Wildman–Crippen MR) is 94.5 cm³/mol. The standard InChI is InChI=1S/C20H28O8/c1-12(21)26-16-11-20(9-10-25-18(24)14-6-7-14)8-4-3-5-15(23)17(20)19(28-16)27-13(2)22/h14,16-17,19H,3-11H2,1-2H3/t16-,17-,19-,20-/m1/s1. The van der Waals surface area contributed by atoms with Gasteiger partial charge >= 0.3 is 17.9 Å². The van der Waals surface area contributed by atoms with Crippen LogP contribution in [-0.2, 0) is 38.1 Å². The number of carbonyl (C=O) groups excluding carboxylic acids is 4. The third-order valence-electron chi connectivity index (χ3n) is 5.82. The van der Waals surface area contributed by atoms with E-state index < -0.39 is 35.9 Å². The van der Waals surface area contributed by atoms with E-state index in [4.69, 9.17) is 18.9 Å². The molecular formula is C20H28O8. The van der Waals surface area contributed by atoms with Gasteiger partial charge in [0.25, 0.3) is 0 Å². The van der Waals surface area contributed by atoms with Crippen molar-refractivity contribution in [2.45, 2.75) is 77.8 Å². The molecule has 0 spiro atoms. The zero-order chi connectivity index (χ0) is 20.3. The summed E-state index contributed by atoms with van der Waals surface area (Å²) >= 11 is 0. The number of fused-ring (bicyclic) bond motifs is 1. The maximum absolute atomic E-state index is 12.9. The van der Waals surface area contributed by atoms with E-state index in [-0.39, 0.29) is 24.3 Å². The van der Waals surface area contributed by atoms with Gasteiger partial charge in [-0.15, -0.1) is 0 Å². The van der Waals surface area contributed by atoms with Gasteiger partial charge in [-0.3, -0.25) is 19.2 Å². The predicted octanol–water partition coefficient (Wildman–Crippen LogP) is 2.27. The first-order valence-corrected chi connectivity index (χ1v) is 10.00. The van der Waals surface area contributed by atoms with E-state index in [0.717, 1.165) is 25.7 Å². The fraction of sp³-hybridized carbons (Fsp3) is 0.800. The summed E-state index contributed by atoms with van der Waals surface area (Å²) in [5, 5.41) is 0. The number of carbonyl (C=O) groups is 4. The Morgan fingerprint density at radius 3 is 2.46 bits per heavy atom. The van der Waals surface area contributed by atoms with Crippen molar-refractivity contribution < 1.29 is 38.1 Å². The fourth-order valence-electron chi connectivity index (χ4n) is 4.39. The summed E-state index contributed by atoms with van der Waals surface area (Å²) < 4.78 is 21.7. The Hall–Kier alpha value is -1.96. The van der Waals surface area contributed by atoms with Crippen LogP contribution < -0.4 is 0 Å².